The van der Waals surface area contributed by atoms with Crippen molar-refractivity contribution in [3.05, 3.63) is 29.3 Å². The molecule has 0 aromatic heterocycles. The molecule has 2 fully saturated rings. The van der Waals surface area contributed by atoms with Gasteiger partial charge in [0.05, 0.1) is 6.10 Å². The van der Waals surface area contributed by atoms with Crippen molar-refractivity contribution in [2.45, 2.75) is 64.9 Å². The number of benzene rings is 1. The average molecular weight is 314 g/mol. The Morgan fingerprint density at radius 1 is 1.22 bits per heavy atom. The lowest BCUT2D eigenvalue weighted by molar-refractivity contribution is -0.0371. The molecule has 3 aliphatic carbocycles. The molecule has 2 heteroatoms. The van der Waals surface area contributed by atoms with Gasteiger partial charge in [-0.3, -0.25) is 0 Å². The molecule has 0 radical (unpaired) electrons. The van der Waals surface area contributed by atoms with E-state index in [9.17, 15) is 10.2 Å². The maximum absolute atomic E-state index is 11.0. The molecule has 4 rings (SSSR count). The zero-order valence-electron chi connectivity index (χ0n) is 14.6. The number of rotatable bonds is 1. The highest BCUT2D eigenvalue weighted by Gasteiger charge is 2.58. The number of fused-ring (bicyclic) bond motifs is 5. The molecule has 0 spiro atoms. The molecule has 2 nitrogen and oxygen atoms in total. The first-order valence-electron chi connectivity index (χ1n) is 9.41. The molecule has 0 heterocycles. The van der Waals surface area contributed by atoms with E-state index in [2.05, 4.69) is 26.8 Å². The Morgan fingerprint density at radius 3 is 2.74 bits per heavy atom. The zero-order valence-corrected chi connectivity index (χ0v) is 14.6. The third-order valence-electron chi connectivity index (χ3n) is 7.61. The third kappa shape index (κ3) is 2.17. The van der Waals surface area contributed by atoms with E-state index in [4.69, 9.17) is 0 Å². The third-order valence-corrected chi connectivity index (χ3v) is 7.61. The SMILES string of the molecule is CC(C)C1C[C@H]2[C@@H]3CCc4cc(O)ccc4[C@H]3CC[C@]2(C)[C@@H]1O. The van der Waals surface area contributed by atoms with Crippen molar-refractivity contribution in [2.24, 2.45) is 29.1 Å². The summed E-state index contributed by atoms with van der Waals surface area (Å²) in [7, 11) is 0. The molecule has 0 bridgehead atoms. The van der Waals surface area contributed by atoms with Gasteiger partial charge in [0.25, 0.3) is 0 Å². The maximum Gasteiger partial charge on any atom is 0.115 e. The summed E-state index contributed by atoms with van der Waals surface area (Å²) in [5, 5.41) is 20.8. The highest BCUT2D eigenvalue weighted by Crippen LogP contribution is 2.63. The summed E-state index contributed by atoms with van der Waals surface area (Å²) in [6.07, 6.45) is 5.71. The van der Waals surface area contributed by atoms with E-state index in [1.165, 1.54) is 30.4 Å². The van der Waals surface area contributed by atoms with Crippen molar-refractivity contribution >= 4 is 0 Å². The Bertz CT molecular complexity index is 608. The zero-order chi connectivity index (χ0) is 16.4. The Balaban J connectivity index is 1.68. The second-order valence-corrected chi connectivity index (χ2v) is 8.93. The summed E-state index contributed by atoms with van der Waals surface area (Å²) < 4.78 is 0. The fourth-order valence-electron chi connectivity index (χ4n) is 6.28. The van der Waals surface area contributed by atoms with Crippen molar-refractivity contribution in [2.75, 3.05) is 0 Å². The van der Waals surface area contributed by atoms with E-state index in [1.54, 1.807) is 0 Å². The number of phenols is 1. The van der Waals surface area contributed by atoms with Gasteiger partial charge in [0.1, 0.15) is 5.75 Å². The van der Waals surface area contributed by atoms with Crippen LogP contribution in [0.25, 0.3) is 0 Å². The monoisotopic (exact) mass is 314 g/mol. The summed E-state index contributed by atoms with van der Waals surface area (Å²) in [4.78, 5) is 0. The molecule has 2 N–H and O–H groups in total. The number of aromatic hydroxyl groups is 1. The molecule has 1 unspecified atom stereocenters. The minimum atomic E-state index is -0.130. The van der Waals surface area contributed by atoms with Crippen LogP contribution in [-0.4, -0.2) is 16.3 Å². The van der Waals surface area contributed by atoms with Gasteiger partial charge >= 0.3 is 0 Å². The number of aliphatic hydroxyl groups excluding tert-OH is 1. The lowest BCUT2D eigenvalue weighted by Gasteiger charge is -2.50. The molecular weight excluding hydrogens is 284 g/mol. The molecular formula is C21H30O2. The van der Waals surface area contributed by atoms with Crippen LogP contribution in [0.4, 0.5) is 0 Å². The van der Waals surface area contributed by atoms with E-state index in [-0.39, 0.29) is 11.5 Å². The van der Waals surface area contributed by atoms with Gasteiger partial charge in [-0.25, -0.2) is 0 Å². The first kappa shape index (κ1) is 15.5. The summed E-state index contributed by atoms with van der Waals surface area (Å²) in [5.74, 6) is 3.44. The lowest BCUT2D eigenvalue weighted by atomic mass is 9.55. The fourth-order valence-corrected chi connectivity index (χ4v) is 6.28. The Morgan fingerprint density at radius 2 is 2.00 bits per heavy atom. The Kier molecular flexibility index (Phi) is 3.53. The van der Waals surface area contributed by atoms with Crippen molar-refractivity contribution in [1.29, 1.82) is 0 Å². The van der Waals surface area contributed by atoms with Crippen LogP contribution in [0.3, 0.4) is 0 Å². The smallest absolute Gasteiger partial charge is 0.115 e. The summed E-state index contributed by atoms with van der Waals surface area (Å²) in [6.45, 7) is 6.89. The first-order valence-corrected chi connectivity index (χ1v) is 9.41. The molecule has 0 aliphatic heterocycles. The highest BCUT2D eigenvalue weighted by molar-refractivity contribution is 5.40. The molecule has 0 saturated heterocycles. The predicted octanol–water partition coefficient (Wildman–Crippen LogP) is 4.49. The minimum absolute atomic E-state index is 0.116. The van der Waals surface area contributed by atoms with Crippen LogP contribution >= 0.6 is 0 Å². The fraction of sp³-hybridized carbons (Fsp3) is 0.714. The van der Waals surface area contributed by atoms with Crippen LogP contribution in [0.5, 0.6) is 5.75 Å². The summed E-state index contributed by atoms with van der Waals surface area (Å²) in [5.41, 5.74) is 2.95. The quantitative estimate of drug-likeness (QED) is 0.801. The van der Waals surface area contributed by atoms with Crippen LogP contribution < -0.4 is 0 Å². The van der Waals surface area contributed by atoms with E-state index in [0.29, 0.717) is 35.3 Å². The Hall–Kier alpha value is -1.02. The highest BCUT2D eigenvalue weighted by atomic mass is 16.3. The first-order chi connectivity index (χ1) is 10.9. The second-order valence-electron chi connectivity index (χ2n) is 8.93. The number of phenolic OH excluding ortho intramolecular Hbond substituents is 1. The van der Waals surface area contributed by atoms with Gasteiger partial charge in [-0.15, -0.1) is 0 Å². The molecule has 3 aliphatic rings. The van der Waals surface area contributed by atoms with E-state index < -0.39 is 0 Å². The van der Waals surface area contributed by atoms with Crippen molar-refractivity contribution in [3.8, 4) is 5.75 Å². The molecule has 1 aromatic rings. The van der Waals surface area contributed by atoms with Gasteiger partial charge in [0, 0.05) is 0 Å². The average Bonchev–Trinajstić information content (AvgIpc) is 2.79. The number of aryl methyl sites for hydroxylation is 1. The van der Waals surface area contributed by atoms with Crippen LogP contribution in [0.15, 0.2) is 18.2 Å². The number of hydrogen-bond acceptors (Lipinski definition) is 2. The molecule has 126 valence electrons. The van der Waals surface area contributed by atoms with Gasteiger partial charge in [-0.2, -0.15) is 0 Å². The van der Waals surface area contributed by atoms with E-state index in [0.717, 1.165) is 12.8 Å². The van der Waals surface area contributed by atoms with E-state index in [1.807, 2.05) is 12.1 Å². The van der Waals surface area contributed by atoms with E-state index >= 15 is 0 Å². The van der Waals surface area contributed by atoms with Crippen LogP contribution in [0.1, 0.15) is 63.5 Å². The van der Waals surface area contributed by atoms with Crippen LogP contribution in [0.2, 0.25) is 0 Å². The minimum Gasteiger partial charge on any atom is -0.508 e. The number of hydrogen-bond donors (Lipinski definition) is 2. The second kappa shape index (κ2) is 5.24. The topological polar surface area (TPSA) is 40.5 Å². The molecule has 1 aromatic carbocycles. The standard InChI is InChI=1S/C21H30O2/c1-12(2)18-11-19-17-6-4-13-10-14(22)5-7-15(13)16(17)8-9-21(19,3)20(18)23/h5,7,10,12,16-20,22-23H,4,6,8-9,11H2,1-3H3/t16-,17-,18?,19+,20-,21+/m1/s1. The van der Waals surface area contributed by atoms with Gasteiger partial charge in [-0.05, 0) is 90.4 Å². The van der Waals surface area contributed by atoms with Gasteiger partial charge in [0.15, 0.2) is 0 Å². The lowest BCUT2D eigenvalue weighted by Crippen LogP contribution is -2.44. The van der Waals surface area contributed by atoms with Gasteiger partial charge < -0.3 is 10.2 Å². The molecule has 23 heavy (non-hydrogen) atoms. The number of aliphatic hydroxyl groups is 1. The largest absolute Gasteiger partial charge is 0.508 e. The van der Waals surface area contributed by atoms with Crippen molar-refractivity contribution in [3.63, 3.8) is 0 Å². The van der Waals surface area contributed by atoms with Gasteiger partial charge in [0.2, 0.25) is 0 Å². The molecule has 2 saturated carbocycles. The maximum atomic E-state index is 11.0. The van der Waals surface area contributed by atoms with Crippen molar-refractivity contribution < 1.29 is 10.2 Å². The summed E-state index contributed by atoms with van der Waals surface area (Å²) >= 11 is 0. The normalized spacial score (nSPS) is 42.2. The van der Waals surface area contributed by atoms with Crippen LogP contribution in [-0.2, 0) is 6.42 Å². The summed E-state index contributed by atoms with van der Waals surface area (Å²) in [6, 6.07) is 5.99. The molecule has 0 amide bonds. The Labute approximate surface area is 139 Å². The molecule has 6 atom stereocenters. The predicted molar refractivity (Wildman–Crippen MR) is 92.4 cm³/mol. The van der Waals surface area contributed by atoms with Crippen molar-refractivity contribution in [1.82, 2.24) is 0 Å². The van der Waals surface area contributed by atoms with Crippen LogP contribution in [0, 0.1) is 29.1 Å². The van der Waals surface area contributed by atoms with Gasteiger partial charge in [-0.1, -0.05) is 26.8 Å².